The SMILES string of the molecule is N#CC(C(=O)Nc1ccc(Cl)cc1)C(=O)c1nn(-c2ccccc2)c2c1CSc1ccccc1-2. The number of thioether (sulfide) groups is 1. The molecule has 1 amide bonds. The number of rotatable bonds is 5. The van der Waals surface area contributed by atoms with E-state index in [0.717, 1.165) is 27.4 Å². The Kier molecular flexibility index (Phi) is 5.93. The van der Waals surface area contributed by atoms with Gasteiger partial charge in [0.05, 0.1) is 17.5 Å². The van der Waals surface area contributed by atoms with Crippen LogP contribution in [0.1, 0.15) is 16.1 Å². The number of nitriles is 1. The van der Waals surface area contributed by atoms with Crippen molar-refractivity contribution in [3.05, 3.63) is 95.1 Å². The summed E-state index contributed by atoms with van der Waals surface area (Å²) in [5.74, 6) is -2.36. The fourth-order valence-electron chi connectivity index (χ4n) is 3.88. The minimum absolute atomic E-state index is 0.138. The van der Waals surface area contributed by atoms with Gasteiger partial charge in [-0.1, -0.05) is 48.0 Å². The second kappa shape index (κ2) is 9.18. The Bertz CT molecular complexity index is 1440. The number of fused-ring (bicyclic) bond motifs is 3. The predicted molar refractivity (Wildman–Crippen MR) is 132 cm³/mol. The number of nitrogens with one attached hydrogen (secondary N) is 1. The van der Waals surface area contributed by atoms with Gasteiger partial charge >= 0.3 is 0 Å². The molecule has 4 aromatic rings. The highest BCUT2D eigenvalue weighted by atomic mass is 35.5. The van der Waals surface area contributed by atoms with E-state index in [-0.39, 0.29) is 5.69 Å². The number of nitrogens with zero attached hydrogens (tertiary/aromatic N) is 3. The number of ketones is 1. The van der Waals surface area contributed by atoms with Crippen molar-refractivity contribution in [1.82, 2.24) is 9.78 Å². The van der Waals surface area contributed by atoms with Crippen LogP contribution < -0.4 is 5.32 Å². The molecular formula is C26H17ClN4O2S. The molecule has 0 radical (unpaired) electrons. The van der Waals surface area contributed by atoms with Crippen molar-refractivity contribution in [2.24, 2.45) is 5.92 Å². The molecule has 166 valence electrons. The molecule has 6 nitrogen and oxygen atoms in total. The maximum absolute atomic E-state index is 13.5. The van der Waals surface area contributed by atoms with Gasteiger partial charge < -0.3 is 5.32 Å². The smallest absolute Gasteiger partial charge is 0.249 e. The molecule has 2 heterocycles. The molecule has 8 heteroatoms. The Hall–Kier alpha value is -3.86. The molecule has 1 N–H and O–H groups in total. The van der Waals surface area contributed by atoms with Gasteiger partial charge in [0, 0.05) is 32.5 Å². The zero-order chi connectivity index (χ0) is 23.7. The summed E-state index contributed by atoms with van der Waals surface area (Å²) >= 11 is 7.49. The highest BCUT2D eigenvalue weighted by Crippen LogP contribution is 2.44. The highest BCUT2D eigenvalue weighted by molar-refractivity contribution is 7.98. The monoisotopic (exact) mass is 484 g/mol. The van der Waals surface area contributed by atoms with Gasteiger partial charge in [-0.3, -0.25) is 9.59 Å². The van der Waals surface area contributed by atoms with Gasteiger partial charge in [-0.15, -0.1) is 11.8 Å². The van der Waals surface area contributed by atoms with E-state index in [4.69, 9.17) is 11.6 Å². The molecule has 5 rings (SSSR count). The number of carbonyl (C=O) groups is 2. The minimum atomic E-state index is -1.54. The van der Waals surface area contributed by atoms with Crippen molar-refractivity contribution < 1.29 is 9.59 Å². The lowest BCUT2D eigenvalue weighted by Gasteiger charge is -2.18. The Morgan fingerprint density at radius 2 is 1.74 bits per heavy atom. The first-order valence-electron chi connectivity index (χ1n) is 10.5. The normalized spacial score (nSPS) is 12.7. The third-order valence-corrected chi connectivity index (χ3v) is 6.85. The summed E-state index contributed by atoms with van der Waals surface area (Å²) in [4.78, 5) is 27.4. The van der Waals surface area contributed by atoms with E-state index in [2.05, 4.69) is 10.4 Å². The number of benzene rings is 3. The van der Waals surface area contributed by atoms with Crippen LogP contribution in [0.4, 0.5) is 5.69 Å². The van der Waals surface area contributed by atoms with Crippen molar-refractivity contribution in [2.45, 2.75) is 10.6 Å². The molecule has 1 aliphatic heterocycles. The summed E-state index contributed by atoms with van der Waals surface area (Å²) in [6.45, 7) is 0. The number of Topliss-reactive ketones (excluding diaryl/α,β-unsaturated/α-hetero) is 1. The van der Waals surface area contributed by atoms with Crippen LogP contribution in [-0.4, -0.2) is 21.5 Å². The first-order chi connectivity index (χ1) is 16.6. The zero-order valence-electron chi connectivity index (χ0n) is 17.7. The Balaban J connectivity index is 1.57. The van der Waals surface area contributed by atoms with Crippen LogP contribution in [0.5, 0.6) is 0 Å². The van der Waals surface area contributed by atoms with Crippen molar-refractivity contribution in [3.63, 3.8) is 0 Å². The number of halogens is 1. The Morgan fingerprint density at radius 3 is 2.47 bits per heavy atom. The maximum atomic E-state index is 13.5. The summed E-state index contributed by atoms with van der Waals surface area (Å²) in [6.07, 6.45) is 0. The Labute approximate surface area is 205 Å². The molecule has 0 spiro atoms. The van der Waals surface area contributed by atoms with E-state index >= 15 is 0 Å². The van der Waals surface area contributed by atoms with Gasteiger partial charge in [-0.25, -0.2) is 4.68 Å². The van der Waals surface area contributed by atoms with Crippen LogP contribution >= 0.6 is 23.4 Å². The second-order valence-corrected chi connectivity index (χ2v) is 9.08. The van der Waals surface area contributed by atoms with Crippen LogP contribution in [0.15, 0.2) is 83.8 Å². The summed E-state index contributed by atoms with van der Waals surface area (Å²) < 4.78 is 1.73. The van der Waals surface area contributed by atoms with Crippen LogP contribution in [-0.2, 0) is 10.5 Å². The van der Waals surface area contributed by atoms with E-state index in [0.29, 0.717) is 16.5 Å². The topological polar surface area (TPSA) is 87.8 Å². The van der Waals surface area contributed by atoms with Crippen LogP contribution in [0.2, 0.25) is 5.02 Å². The predicted octanol–water partition coefficient (Wildman–Crippen LogP) is 5.76. The molecule has 0 aliphatic carbocycles. The molecule has 1 unspecified atom stereocenters. The first kappa shape index (κ1) is 22.0. The highest BCUT2D eigenvalue weighted by Gasteiger charge is 2.35. The fraction of sp³-hybridized carbons (Fsp3) is 0.0769. The third kappa shape index (κ3) is 3.98. The van der Waals surface area contributed by atoms with Gasteiger partial charge in [0.25, 0.3) is 0 Å². The largest absolute Gasteiger partial charge is 0.325 e. The quantitative estimate of drug-likeness (QED) is 0.287. The number of aromatic nitrogens is 2. The maximum Gasteiger partial charge on any atom is 0.249 e. The summed E-state index contributed by atoms with van der Waals surface area (Å²) in [7, 11) is 0. The van der Waals surface area contributed by atoms with Crippen molar-refractivity contribution in [2.75, 3.05) is 5.32 Å². The lowest BCUT2D eigenvalue weighted by atomic mass is 9.97. The number of anilines is 1. The summed E-state index contributed by atoms with van der Waals surface area (Å²) in [5, 5.41) is 17.5. The average molecular weight is 485 g/mol. The summed E-state index contributed by atoms with van der Waals surface area (Å²) in [6, 6.07) is 25.8. The molecular weight excluding hydrogens is 468 g/mol. The number of carbonyl (C=O) groups excluding carboxylic acids is 2. The molecule has 0 fully saturated rings. The molecule has 1 atom stereocenters. The van der Waals surface area contributed by atoms with E-state index in [1.54, 1.807) is 40.7 Å². The third-order valence-electron chi connectivity index (χ3n) is 5.50. The molecule has 0 saturated heterocycles. The van der Waals surface area contributed by atoms with Crippen LogP contribution in [0, 0.1) is 17.2 Å². The number of amides is 1. The van der Waals surface area contributed by atoms with Gasteiger partial charge in [-0.2, -0.15) is 10.4 Å². The van der Waals surface area contributed by atoms with Crippen molar-refractivity contribution in [1.29, 1.82) is 5.26 Å². The number of hydrogen-bond donors (Lipinski definition) is 1. The average Bonchev–Trinajstić information content (AvgIpc) is 3.27. The number of hydrogen-bond acceptors (Lipinski definition) is 5. The Morgan fingerprint density at radius 1 is 1.03 bits per heavy atom. The van der Waals surface area contributed by atoms with Gasteiger partial charge in [0.1, 0.15) is 5.69 Å². The van der Waals surface area contributed by atoms with Crippen molar-refractivity contribution >= 4 is 40.7 Å². The standard InChI is InChI=1S/C26H17ClN4O2S/c27-16-10-12-17(13-11-16)29-26(33)20(14-28)25(32)23-21-15-34-22-9-5-4-8-19(22)24(21)31(30-23)18-6-2-1-3-7-18/h1-13,20H,15H2,(H,29,33). The van der Waals surface area contributed by atoms with E-state index in [1.807, 2.05) is 60.7 Å². The summed E-state index contributed by atoms with van der Waals surface area (Å²) in [5.41, 5.74) is 3.86. The molecule has 34 heavy (non-hydrogen) atoms. The van der Waals surface area contributed by atoms with E-state index in [9.17, 15) is 14.9 Å². The molecule has 1 aliphatic rings. The molecule has 3 aromatic carbocycles. The zero-order valence-corrected chi connectivity index (χ0v) is 19.3. The minimum Gasteiger partial charge on any atom is -0.325 e. The van der Waals surface area contributed by atoms with Crippen molar-refractivity contribution in [3.8, 4) is 23.0 Å². The molecule has 0 bridgehead atoms. The fourth-order valence-corrected chi connectivity index (χ4v) is 5.07. The van der Waals surface area contributed by atoms with E-state index in [1.165, 1.54) is 0 Å². The van der Waals surface area contributed by atoms with Crippen LogP contribution in [0.25, 0.3) is 16.9 Å². The van der Waals surface area contributed by atoms with E-state index < -0.39 is 17.6 Å². The molecule has 0 saturated carbocycles. The lowest BCUT2D eigenvalue weighted by molar-refractivity contribution is -0.117. The molecule has 1 aromatic heterocycles. The van der Waals surface area contributed by atoms with Gasteiger partial charge in [0.2, 0.25) is 11.7 Å². The van der Waals surface area contributed by atoms with Gasteiger partial charge in [-0.05, 0) is 42.5 Å². The first-order valence-corrected chi connectivity index (χ1v) is 11.8. The lowest BCUT2D eigenvalue weighted by Crippen LogP contribution is -2.29. The van der Waals surface area contributed by atoms with Crippen LogP contribution in [0.3, 0.4) is 0 Å². The number of para-hydroxylation sites is 1. The second-order valence-electron chi connectivity index (χ2n) is 7.63. The van der Waals surface area contributed by atoms with Gasteiger partial charge in [0.15, 0.2) is 5.92 Å².